The van der Waals surface area contributed by atoms with Crippen molar-refractivity contribution in [1.29, 1.82) is 0 Å². The Morgan fingerprint density at radius 1 is 1.37 bits per heavy atom. The van der Waals surface area contributed by atoms with E-state index >= 15 is 0 Å². The highest BCUT2D eigenvalue weighted by atomic mass is 16.6. The molecule has 0 spiro atoms. The first-order valence-electron chi connectivity index (χ1n) is 6.34. The van der Waals surface area contributed by atoms with Gasteiger partial charge in [-0.25, -0.2) is 0 Å². The number of nitrogens with one attached hydrogen (secondary N) is 1. The monoisotopic (exact) mass is 259 g/mol. The van der Waals surface area contributed by atoms with Crippen LogP contribution in [0.5, 0.6) is 0 Å². The molecule has 1 aromatic carbocycles. The topological polar surface area (TPSA) is 68.1 Å². The van der Waals surface area contributed by atoms with Crippen LogP contribution in [-0.2, 0) is 6.42 Å². The highest BCUT2D eigenvalue weighted by Gasteiger charge is 2.15. The van der Waals surface area contributed by atoms with Crippen LogP contribution in [0.15, 0.2) is 30.6 Å². The Morgan fingerprint density at radius 2 is 2.16 bits per heavy atom. The summed E-state index contributed by atoms with van der Waals surface area (Å²) in [7, 11) is 1.93. The van der Waals surface area contributed by atoms with E-state index in [4.69, 9.17) is 0 Å². The van der Waals surface area contributed by atoms with Crippen molar-refractivity contribution in [1.82, 2.24) is 10.3 Å². The highest BCUT2D eigenvalue weighted by Crippen LogP contribution is 2.28. The largest absolute Gasteiger partial charge is 0.317 e. The fourth-order valence-corrected chi connectivity index (χ4v) is 2.29. The van der Waals surface area contributed by atoms with Gasteiger partial charge < -0.3 is 5.32 Å². The molecule has 0 saturated carbocycles. The zero-order chi connectivity index (χ0) is 13.8. The van der Waals surface area contributed by atoms with Crippen molar-refractivity contribution in [3.8, 4) is 0 Å². The fourth-order valence-electron chi connectivity index (χ4n) is 2.29. The van der Waals surface area contributed by atoms with Crippen LogP contribution in [0.4, 0.5) is 5.69 Å². The first kappa shape index (κ1) is 13.4. The molecule has 0 aliphatic heterocycles. The molecule has 2 rings (SSSR count). The smallest absolute Gasteiger partial charge is 0.278 e. The molecule has 5 heteroatoms. The summed E-state index contributed by atoms with van der Waals surface area (Å²) in [4.78, 5) is 14.7. The number of nitro benzene ring substituents is 1. The second-order valence-electron chi connectivity index (χ2n) is 4.52. The number of hydrogen-bond acceptors (Lipinski definition) is 4. The van der Waals surface area contributed by atoms with Crippen LogP contribution in [0.2, 0.25) is 0 Å². The van der Waals surface area contributed by atoms with Gasteiger partial charge in [-0.15, -0.1) is 0 Å². The van der Waals surface area contributed by atoms with Gasteiger partial charge in [-0.3, -0.25) is 15.1 Å². The van der Waals surface area contributed by atoms with Crippen LogP contribution >= 0.6 is 0 Å². The van der Waals surface area contributed by atoms with Gasteiger partial charge in [0.05, 0.1) is 10.3 Å². The van der Waals surface area contributed by atoms with Crippen LogP contribution in [0.1, 0.15) is 18.9 Å². The van der Waals surface area contributed by atoms with E-state index in [1.165, 1.54) is 0 Å². The number of likely N-dealkylation sites (N-methyl/N-ethyl adjacent to an activating group) is 1. The maximum absolute atomic E-state index is 11.0. The van der Waals surface area contributed by atoms with Gasteiger partial charge in [-0.1, -0.05) is 13.0 Å². The van der Waals surface area contributed by atoms with Crippen LogP contribution in [0, 0.1) is 10.1 Å². The molecule has 0 aliphatic carbocycles. The summed E-state index contributed by atoms with van der Waals surface area (Å²) in [6.45, 7) is 2.12. The van der Waals surface area contributed by atoms with Gasteiger partial charge in [0.1, 0.15) is 0 Å². The van der Waals surface area contributed by atoms with Crippen molar-refractivity contribution in [2.24, 2.45) is 0 Å². The first-order valence-corrected chi connectivity index (χ1v) is 6.34. The molecule has 0 aliphatic rings. The molecule has 1 unspecified atom stereocenters. The van der Waals surface area contributed by atoms with Crippen molar-refractivity contribution in [2.75, 3.05) is 7.05 Å². The molecule has 19 heavy (non-hydrogen) atoms. The summed E-state index contributed by atoms with van der Waals surface area (Å²) in [6.07, 6.45) is 5.11. The summed E-state index contributed by atoms with van der Waals surface area (Å²) in [6, 6.07) is 5.64. The summed E-state index contributed by atoms with van der Waals surface area (Å²) in [5, 5.41) is 15.8. The van der Waals surface area contributed by atoms with Crippen LogP contribution in [-0.4, -0.2) is 23.0 Å². The van der Waals surface area contributed by atoms with Gasteiger partial charge in [0.25, 0.3) is 5.69 Å². The summed E-state index contributed by atoms with van der Waals surface area (Å²) in [5.74, 6) is 0. The maximum atomic E-state index is 11.0. The normalized spacial score (nSPS) is 12.5. The Balaban J connectivity index is 2.52. The quantitative estimate of drug-likeness (QED) is 0.662. The predicted molar refractivity (Wildman–Crippen MR) is 75.2 cm³/mol. The van der Waals surface area contributed by atoms with E-state index in [0.717, 1.165) is 23.8 Å². The number of non-ortho nitro benzene ring substituents is 1. The van der Waals surface area contributed by atoms with Gasteiger partial charge in [-0.05, 0) is 36.9 Å². The number of pyridine rings is 1. The van der Waals surface area contributed by atoms with E-state index in [9.17, 15) is 10.1 Å². The van der Waals surface area contributed by atoms with Crippen molar-refractivity contribution >= 4 is 16.5 Å². The van der Waals surface area contributed by atoms with Crippen molar-refractivity contribution < 1.29 is 4.92 Å². The minimum Gasteiger partial charge on any atom is -0.317 e. The predicted octanol–water partition coefficient (Wildman–Crippen LogP) is 2.68. The number of nitrogens with zero attached hydrogens (tertiary/aromatic N) is 2. The molecular weight excluding hydrogens is 242 g/mol. The fraction of sp³-hybridized carbons (Fsp3) is 0.357. The Morgan fingerprint density at radius 3 is 2.79 bits per heavy atom. The molecule has 1 aromatic heterocycles. The molecule has 100 valence electrons. The van der Waals surface area contributed by atoms with Gasteiger partial charge in [0, 0.05) is 24.5 Å². The molecule has 1 atom stereocenters. The van der Waals surface area contributed by atoms with Gasteiger partial charge >= 0.3 is 0 Å². The Bertz CT molecular complexity index is 594. The first-order chi connectivity index (χ1) is 9.17. The van der Waals surface area contributed by atoms with E-state index < -0.39 is 0 Å². The minimum atomic E-state index is -0.358. The lowest BCUT2D eigenvalue weighted by atomic mass is 9.98. The number of aromatic nitrogens is 1. The third-order valence-corrected chi connectivity index (χ3v) is 3.45. The average molecular weight is 259 g/mol. The second kappa shape index (κ2) is 5.75. The van der Waals surface area contributed by atoms with Gasteiger partial charge in [0.15, 0.2) is 0 Å². The van der Waals surface area contributed by atoms with Crippen molar-refractivity contribution in [3.63, 3.8) is 0 Å². The zero-order valence-corrected chi connectivity index (χ0v) is 11.1. The van der Waals surface area contributed by atoms with Crippen LogP contribution < -0.4 is 5.32 Å². The van der Waals surface area contributed by atoms with Crippen LogP contribution in [0.3, 0.4) is 0 Å². The summed E-state index contributed by atoms with van der Waals surface area (Å²) < 4.78 is 0. The third kappa shape index (κ3) is 2.71. The van der Waals surface area contributed by atoms with Crippen molar-refractivity contribution in [3.05, 3.63) is 46.3 Å². The lowest BCUT2D eigenvalue weighted by Crippen LogP contribution is -2.26. The van der Waals surface area contributed by atoms with E-state index in [0.29, 0.717) is 11.4 Å². The summed E-state index contributed by atoms with van der Waals surface area (Å²) >= 11 is 0. The molecule has 0 bridgehead atoms. The molecule has 1 heterocycles. The second-order valence-corrected chi connectivity index (χ2v) is 4.52. The lowest BCUT2D eigenvalue weighted by Gasteiger charge is -2.15. The molecule has 0 amide bonds. The maximum Gasteiger partial charge on any atom is 0.278 e. The van der Waals surface area contributed by atoms with Crippen molar-refractivity contribution in [2.45, 2.75) is 25.8 Å². The molecule has 0 saturated heterocycles. The van der Waals surface area contributed by atoms with Gasteiger partial charge in [0.2, 0.25) is 0 Å². The number of benzene rings is 1. The molecule has 2 aromatic rings. The van der Waals surface area contributed by atoms with E-state index in [1.54, 1.807) is 18.5 Å². The van der Waals surface area contributed by atoms with E-state index in [1.807, 2.05) is 19.2 Å². The lowest BCUT2D eigenvalue weighted by molar-refractivity contribution is -0.383. The summed E-state index contributed by atoms with van der Waals surface area (Å²) in [5.41, 5.74) is 1.23. The minimum absolute atomic E-state index is 0.115. The van der Waals surface area contributed by atoms with E-state index in [-0.39, 0.29) is 10.6 Å². The number of nitro groups is 1. The number of rotatable bonds is 5. The van der Waals surface area contributed by atoms with E-state index in [2.05, 4.69) is 17.2 Å². The molecule has 0 radical (unpaired) electrons. The zero-order valence-electron chi connectivity index (χ0n) is 11.1. The van der Waals surface area contributed by atoms with Gasteiger partial charge in [-0.2, -0.15) is 0 Å². The standard InChI is InChI=1S/C14H17N3O2/c1-3-11(15-2)8-10-4-5-14(17(18)19)13-9-16-7-6-12(10)13/h4-7,9,11,15H,3,8H2,1-2H3. The molecule has 0 fully saturated rings. The molecular formula is C14H17N3O2. The molecule has 5 nitrogen and oxygen atoms in total. The Kier molecular flexibility index (Phi) is 4.06. The molecule has 1 N–H and O–H groups in total. The Hall–Kier alpha value is -2.01. The third-order valence-electron chi connectivity index (χ3n) is 3.45. The SMILES string of the molecule is CCC(Cc1ccc([N+](=O)[O-])c2cnccc12)NC. The average Bonchev–Trinajstić information content (AvgIpc) is 2.44. The highest BCUT2D eigenvalue weighted by molar-refractivity contribution is 5.92. The number of fused-ring (bicyclic) bond motifs is 1. The van der Waals surface area contributed by atoms with Crippen LogP contribution in [0.25, 0.3) is 10.8 Å². The Labute approximate surface area is 111 Å². The number of hydrogen-bond donors (Lipinski definition) is 1.